The minimum Gasteiger partial charge on any atom is -0.397 e. The molecule has 0 aliphatic heterocycles. The first-order chi connectivity index (χ1) is 8.41. The van der Waals surface area contributed by atoms with Crippen molar-refractivity contribution in [2.75, 3.05) is 5.73 Å². The van der Waals surface area contributed by atoms with Gasteiger partial charge in [-0.05, 0) is 39.7 Å². The summed E-state index contributed by atoms with van der Waals surface area (Å²) in [5.74, 6) is -0.00944. The highest BCUT2D eigenvalue weighted by Crippen LogP contribution is 2.29. The average Bonchev–Trinajstić information content (AvgIpc) is 2.85. The second-order valence-electron chi connectivity index (χ2n) is 5.88. The van der Waals surface area contributed by atoms with Gasteiger partial charge in [-0.25, -0.2) is 0 Å². The summed E-state index contributed by atoms with van der Waals surface area (Å²) in [5.41, 5.74) is 7.06. The lowest BCUT2D eigenvalue weighted by atomic mass is 10.0. The fourth-order valence-corrected chi connectivity index (χ4v) is 2.73. The molecule has 1 aromatic rings. The molecule has 0 unspecified atom stereocenters. The Bertz CT molecular complexity index is 442. The van der Waals surface area contributed by atoms with E-state index in [1.807, 2.05) is 24.6 Å². The summed E-state index contributed by atoms with van der Waals surface area (Å²) >= 11 is 0. The summed E-state index contributed by atoms with van der Waals surface area (Å²) in [6, 6.07) is 1.99. The highest BCUT2D eigenvalue weighted by molar-refractivity contribution is 5.94. The second-order valence-corrected chi connectivity index (χ2v) is 5.88. The van der Waals surface area contributed by atoms with Crippen LogP contribution in [0.25, 0.3) is 0 Å². The maximum atomic E-state index is 12.4. The molecule has 100 valence electrons. The molecule has 0 spiro atoms. The van der Waals surface area contributed by atoms with Crippen molar-refractivity contribution >= 4 is 11.6 Å². The predicted molar refractivity (Wildman–Crippen MR) is 73.6 cm³/mol. The van der Waals surface area contributed by atoms with Gasteiger partial charge in [0.05, 0.1) is 5.69 Å². The second kappa shape index (κ2) is 4.67. The topological polar surface area (TPSA) is 60.0 Å². The van der Waals surface area contributed by atoms with E-state index >= 15 is 0 Å². The first-order valence-corrected chi connectivity index (χ1v) is 6.71. The van der Waals surface area contributed by atoms with Crippen molar-refractivity contribution in [3.8, 4) is 0 Å². The summed E-state index contributed by atoms with van der Waals surface area (Å²) in [4.78, 5) is 12.4. The molecule has 0 saturated heterocycles. The van der Waals surface area contributed by atoms with Gasteiger partial charge in [0, 0.05) is 17.8 Å². The average molecular weight is 249 g/mol. The van der Waals surface area contributed by atoms with Crippen LogP contribution >= 0.6 is 0 Å². The molecule has 4 heteroatoms. The molecule has 0 bridgehead atoms. The number of hydrogen-bond acceptors (Lipinski definition) is 2. The summed E-state index contributed by atoms with van der Waals surface area (Å²) < 4.78 is 1.93. The third kappa shape index (κ3) is 2.52. The van der Waals surface area contributed by atoms with Gasteiger partial charge in [-0.1, -0.05) is 12.8 Å². The van der Waals surface area contributed by atoms with Crippen molar-refractivity contribution in [1.82, 2.24) is 9.88 Å². The first-order valence-electron chi connectivity index (χ1n) is 6.71. The number of rotatable bonds is 3. The largest absolute Gasteiger partial charge is 0.397 e. The number of nitrogens with zero attached hydrogens (tertiary/aromatic N) is 1. The number of nitrogens with one attached hydrogen (secondary N) is 1. The standard InChI is InChI=1S/C14H23N3O/c1-10(2)17-9-11(15)8-12(17)13(18)16-14(3)6-4-5-7-14/h8-10H,4-7,15H2,1-3H3,(H,16,18). The lowest BCUT2D eigenvalue weighted by Crippen LogP contribution is -2.44. The Balaban J connectivity index is 2.18. The van der Waals surface area contributed by atoms with Crippen molar-refractivity contribution in [2.45, 2.75) is 58.0 Å². The van der Waals surface area contributed by atoms with Crippen LogP contribution in [-0.4, -0.2) is 16.0 Å². The molecule has 1 aliphatic carbocycles. The molecule has 1 aromatic heterocycles. The van der Waals surface area contributed by atoms with Crippen LogP contribution in [0, 0.1) is 0 Å². The van der Waals surface area contributed by atoms with Gasteiger partial charge in [-0.2, -0.15) is 0 Å². The van der Waals surface area contributed by atoms with Crippen molar-refractivity contribution in [2.24, 2.45) is 0 Å². The first kappa shape index (κ1) is 13.0. The Hall–Kier alpha value is -1.45. The lowest BCUT2D eigenvalue weighted by Gasteiger charge is -2.26. The number of hydrogen-bond donors (Lipinski definition) is 2. The number of amides is 1. The summed E-state index contributed by atoms with van der Waals surface area (Å²) in [5, 5.41) is 3.16. The van der Waals surface area contributed by atoms with Crippen LogP contribution in [0.15, 0.2) is 12.3 Å². The van der Waals surface area contributed by atoms with Crippen LogP contribution in [0.4, 0.5) is 5.69 Å². The SMILES string of the molecule is CC(C)n1cc(N)cc1C(=O)NC1(C)CCCC1. The highest BCUT2D eigenvalue weighted by atomic mass is 16.2. The molecule has 1 heterocycles. The third-order valence-corrected chi connectivity index (χ3v) is 3.78. The molecule has 0 atom stereocenters. The molecule has 4 nitrogen and oxygen atoms in total. The monoisotopic (exact) mass is 249 g/mol. The molecule has 1 amide bonds. The van der Waals surface area contributed by atoms with E-state index in [-0.39, 0.29) is 17.5 Å². The number of anilines is 1. The van der Waals surface area contributed by atoms with Crippen LogP contribution in [-0.2, 0) is 0 Å². The maximum Gasteiger partial charge on any atom is 0.268 e. The van der Waals surface area contributed by atoms with Gasteiger partial charge in [0.15, 0.2) is 0 Å². The molecule has 0 aromatic carbocycles. The lowest BCUT2D eigenvalue weighted by molar-refractivity contribution is 0.0897. The highest BCUT2D eigenvalue weighted by Gasteiger charge is 2.31. The van der Waals surface area contributed by atoms with Gasteiger partial charge >= 0.3 is 0 Å². The third-order valence-electron chi connectivity index (χ3n) is 3.78. The molecule has 18 heavy (non-hydrogen) atoms. The Morgan fingerprint density at radius 1 is 1.44 bits per heavy atom. The Labute approximate surface area is 109 Å². The maximum absolute atomic E-state index is 12.4. The van der Waals surface area contributed by atoms with E-state index < -0.39 is 0 Å². The van der Waals surface area contributed by atoms with Crippen molar-refractivity contribution in [3.63, 3.8) is 0 Å². The Morgan fingerprint density at radius 2 is 2.06 bits per heavy atom. The van der Waals surface area contributed by atoms with Crippen LogP contribution in [0.3, 0.4) is 0 Å². The van der Waals surface area contributed by atoms with Crippen molar-refractivity contribution in [1.29, 1.82) is 0 Å². The van der Waals surface area contributed by atoms with Crippen LogP contribution in [0.5, 0.6) is 0 Å². The van der Waals surface area contributed by atoms with Gasteiger partial charge in [0.2, 0.25) is 0 Å². The van der Waals surface area contributed by atoms with Gasteiger partial charge < -0.3 is 15.6 Å². The van der Waals surface area contributed by atoms with Crippen LogP contribution in [0.2, 0.25) is 0 Å². The number of carbonyl (C=O) groups is 1. The smallest absolute Gasteiger partial charge is 0.268 e. The Morgan fingerprint density at radius 3 is 2.61 bits per heavy atom. The number of carbonyl (C=O) groups excluding carboxylic acids is 1. The predicted octanol–water partition coefficient (Wildman–Crippen LogP) is 2.71. The van der Waals surface area contributed by atoms with Gasteiger partial charge in [0.25, 0.3) is 5.91 Å². The van der Waals surface area contributed by atoms with Gasteiger partial charge in [0.1, 0.15) is 5.69 Å². The quantitative estimate of drug-likeness (QED) is 0.865. The van der Waals surface area contributed by atoms with E-state index in [0.29, 0.717) is 11.4 Å². The Kier molecular flexibility index (Phi) is 3.37. The minimum absolute atomic E-state index is 0.00944. The minimum atomic E-state index is -0.0437. The summed E-state index contributed by atoms with van der Waals surface area (Å²) in [7, 11) is 0. The van der Waals surface area contributed by atoms with Gasteiger partial charge in [-0.3, -0.25) is 4.79 Å². The molecule has 2 rings (SSSR count). The van der Waals surface area contributed by atoms with Gasteiger partial charge in [-0.15, -0.1) is 0 Å². The van der Waals surface area contributed by atoms with E-state index in [9.17, 15) is 4.79 Å². The number of aromatic nitrogens is 1. The zero-order valence-electron chi connectivity index (χ0n) is 11.5. The molecule has 1 saturated carbocycles. The summed E-state index contributed by atoms with van der Waals surface area (Å²) in [6.45, 7) is 6.23. The van der Waals surface area contributed by atoms with E-state index in [1.165, 1.54) is 12.8 Å². The van der Waals surface area contributed by atoms with Crippen LogP contribution < -0.4 is 11.1 Å². The van der Waals surface area contributed by atoms with E-state index in [1.54, 1.807) is 6.07 Å². The molecule has 1 fully saturated rings. The molecular weight excluding hydrogens is 226 g/mol. The zero-order valence-corrected chi connectivity index (χ0v) is 11.5. The van der Waals surface area contributed by atoms with E-state index in [4.69, 9.17) is 5.73 Å². The zero-order chi connectivity index (χ0) is 13.3. The van der Waals surface area contributed by atoms with E-state index in [2.05, 4.69) is 12.2 Å². The fraction of sp³-hybridized carbons (Fsp3) is 0.643. The molecule has 3 N–H and O–H groups in total. The molecule has 1 aliphatic rings. The fourth-order valence-electron chi connectivity index (χ4n) is 2.73. The molecule has 0 radical (unpaired) electrons. The summed E-state index contributed by atoms with van der Waals surface area (Å²) in [6.07, 6.45) is 6.36. The van der Waals surface area contributed by atoms with Crippen molar-refractivity contribution in [3.05, 3.63) is 18.0 Å². The van der Waals surface area contributed by atoms with Crippen molar-refractivity contribution < 1.29 is 4.79 Å². The van der Waals surface area contributed by atoms with E-state index in [0.717, 1.165) is 12.8 Å². The molecular formula is C14H23N3O. The number of nitrogen functional groups attached to an aromatic ring is 1. The van der Waals surface area contributed by atoms with Crippen LogP contribution in [0.1, 0.15) is 63.0 Å². The normalized spacial score (nSPS) is 18.2. The number of nitrogens with two attached hydrogens (primary N) is 1.